The molecule has 0 radical (unpaired) electrons. The Morgan fingerprint density at radius 3 is 2.62 bits per heavy atom. The molecule has 1 aliphatic carbocycles. The highest BCUT2D eigenvalue weighted by Crippen LogP contribution is 2.52. The molecule has 1 saturated heterocycles. The zero-order chi connectivity index (χ0) is 23.9. The lowest BCUT2D eigenvalue weighted by atomic mass is 9.58. The lowest BCUT2D eigenvalue weighted by molar-refractivity contribution is -0.102. The van der Waals surface area contributed by atoms with E-state index in [1.807, 2.05) is 20.8 Å². The summed E-state index contributed by atoms with van der Waals surface area (Å²) in [5.74, 6) is 1.34. The van der Waals surface area contributed by atoms with Crippen LogP contribution >= 0.6 is 0 Å². The predicted molar refractivity (Wildman–Crippen MR) is 128 cm³/mol. The van der Waals surface area contributed by atoms with Crippen molar-refractivity contribution < 1.29 is 18.7 Å². The van der Waals surface area contributed by atoms with E-state index in [1.54, 1.807) is 11.0 Å². The fourth-order valence-electron chi connectivity index (χ4n) is 5.50. The average Bonchev–Trinajstić information content (AvgIpc) is 2.71. The minimum Gasteiger partial charge on any atom is -0.486 e. The van der Waals surface area contributed by atoms with Gasteiger partial charge in [-0.05, 0) is 57.1 Å². The van der Waals surface area contributed by atoms with Crippen LogP contribution < -0.4 is 10.2 Å². The number of hydrogen-bond donors (Lipinski definition) is 0. The summed E-state index contributed by atoms with van der Waals surface area (Å²) in [4.78, 5) is 28.8. The highest BCUT2D eigenvalue weighted by molar-refractivity contribution is 5.69. The summed E-state index contributed by atoms with van der Waals surface area (Å²) in [6, 6.07) is 10.1. The standard InChI is InChI=1S/C27H34N2O5/c1-26(2,3)34-25(31)29-17-27(18-29)11-19(12-27)15-33-24-16-32-22(10-23(24)30)14-28-9-8-20-6-4-5-7-21(20)13-28/h4-7,10,16,19H,8-9,11-15,17-18H2,1-3H3. The van der Waals surface area contributed by atoms with Gasteiger partial charge < -0.3 is 18.8 Å². The van der Waals surface area contributed by atoms with Crippen LogP contribution in [0.5, 0.6) is 5.75 Å². The highest BCUT2D eigenvalue weighted by Gasteiger charge is 2.54. The summed E-state index contributed by atoms with van der Waals surface area (Å²) in [5.41, 5.74) is 2.35. The Hall–Kier alpha value is -2.80. The van der Waals surface area contributed by atoms with Crippen LogP contribution in [0.15, 0.2) is 45.8 Å². The van der Waals surface area contributed by atoms with Crippen molar-refractivity contribution in [2.45, 2.75) is 58.7 Å². The number of nitrogens with zero attached hydrogens (tertiary/aromatic N) is 2. The van der Waals surface area contributed by atoms with Crippen LogP contribution in [-0.2, 0) is 24.2 Å². The lowest BCUT2D eigenvalue weighted by Crippen LogP contribution is -2.64. The molecule has 7 heteroatoms. The van der Waals surface area contributed by atoms with Gasteiger partial charge in [-0.1, -0.05) is 24.3 Å². The molecule has 3 heterocycles. The van der Waals surface area contributed by atoms with E-state index < -0.39 is 5.60 Å². The van der Waals surface area contributed by atoms with Gasteiger partial charge in [-0.2, -0.15) is 0 Å². The Morgan fingerprint density at radius 2 is 1.91 bits per heavy atom. The summed E-state index contributed by atoms with van der Waals surface area (Å²) < 4.78 is 17.0. The van der Waals surface area contributed by atoms with Crippen molar-refractivity contribution >= 4 is 6.09 Å². The topological polar surface area (TPSA) is 72.2 Å². The van der Waals surface area contributed by atoms with Crippen molar-refractivity contribution in [3.05, 3.63) is 63.7 Å². The Kier molecular flexibility index (Phi) is 5.92. The van der Waals surface area contributed by atoms with Gasteiger partial charge in [0.2, 0.25) is 11.2 Å². The molecule has 5 rings (SSSR count). The summed E-state index contributed by atoms with van der Waals surface area (Å²) in [5, 5.41) is 0. The molecule has 7 nitrogen and oxygen atoms in total. The van der Waals surface area contributed by atoms with Crippen molar-refractivity contribution in [3.8, 4) is 5.75 Å². The lowest BCUT2D eigenvalue weighted by Gasteiger charge is -2.58. The van der Waals surface area contributed by atoms with Gasteiger partial charge in [0.25, 0.3) is 0 Å². The first-order valence-electron chi connectivity index (χ1n) is 12.2. The second-order valence-corrected chi connectivity index (χ2v) is 11.2. The van der Waals surface area contributed by atoms with Crippen LogP contribution in [0.2, 0.25) is 0 Å². The molecule has 182 valence electrons. The van der Waals surface area contributed by atoms with E-state index >= 15 is 0 Å². The Bertz CT molecular complexity index is 1100. The van der Waals surface area contributed by atoms with Crippen LogP contribution in [-0.4, -0.2) is 47.7 Å². The van der Waals surface area contributed by atoms with Gasteiger partial charge in [0, 0.05) is 37.7 Å². The zero-order valence-corrected chi connectivity index (χ0v) is 20.3. The van der Waals surface area contributed by atoms with Crippen LogP contribution in [0.4, 0.5) is 4.79 Å². The Labute approximate surface area is 200 Å². The minimum atomic E-state index is -0.467. The number of ether oxygens (including phenoxy) is 2. The van der Waals surface area contributed by atoms with E-state index in [9.17, 15) is 9.59 Å². The van der Waals surface area contributed by atoms with Crippen LogP contribution in [0.3, 0.4) is 0 Å². The Balaban J connectivity index is 1.06. The van der Waals surface area contributed by atoms with E-state index in [0.29, 0.717) is 24.8 Å². The first-order valence-corrected chi connectivity index (χ1v) is 12.2. The van der Waals surface area contributed by atoms with E-state index in [1.165, 1.54) is 17.4 Å². The van der Waals surface area contributed by atoms with E-state index in [-0.39, 0.29) is 22.7 Å². The average molecular weight is 467 g/mol. The third kappa shape index (κ3) is 4.99. The molecule has 34 heavy (non-hydrogen) atoms. The summed E-state index contributed by atoms with van der Waals surface area (Å²) >= 11 is 0. The van der Waals surface area contributed by atoms with Gasteiger partial charge >= 0.3 is 6.09 Å². The van der Waals surface area contributed by atoms with Gasteiger partial charge in [-0.3, -0.25) is 9.69 Å². The molecule has 1 saturated carbocycles. The van der Waals surface area contributed by atoms with Crippen LogP contribution in [0.1, 0.15) is 50.5 Å². The number of carbonyl (C=O) groups is 1. The molecular formula is C27H34N2O5. The highest BCUT2D eigenvalue weighted by atomic mass is 16.6. The molecule has 2 aromatic rings. The SMILES string of the molecule is CC(C)(C)OC(=O)N1CC2(CC(COc3coc(CN4CCc5ccccc5C4)cc3=O)C2)C1. The zero-order valence-electron chi connectivity index (χ0n) is 20.3. The number of carbonyl (C=O) groups excluding carboxylic acids is 1. The molecule has 0 N–H and O–H groups in total. The normalized spacial score (nSPS) is 19.8. The molecule has 0 bridgehead atoms. The van der Waals surface area contributed by atoms with Gasteiger partial charge in [0.05, 0.1) is 13.2 Å². The molecule has 2 aliphatic heterocycles. The molecule has 0 atom stereocenters. The molecule has 1 spiro atoms. The summed E-state index contributed by atoms with van der Waals surface area (Å²) in [7, 11) is 0. The maximum absolute atomic E-state index is 12.6. The number of hydrogen-bond acceptors (Lipinski definition) is 6. The van der Waals surface area contributed by atoms with Crippen LogP contribution in [0, 0.1) is 11.3 Å². The number of likely N-dealkylation sites (tertiary alicyclic amines) is 1. The minimum absolute atomic E-state index is 0.132. The first-order chi connectivity index (χ1) is 16.2. The first kappa shape index (κ1) is 23.0. The quantitative estimate of drug-likeness (QED) is 0.657. The number of benzene rings is 1. The second kappa shape index (κ2) is 8.77. The molecular weight excluding hydrogens is 432 g/mol. The van der Waals surface area contributed by atoms with Crippen molar-refractivity contribution in [3.63, 3.8) is 0 Å². The predicted octanol–water partition coefficient (Wildman–Crippen LogP) is 4.22. The maximum Gasteiger partial charge on any atom is 0.410 e. The Morgan fingerprint density at radius 1 is 1.18 bits per heavy atom. The molecule has 1 aromatic heterocycles. The largest absolute Gasteiger partial charge is 0.486 e. The van der Waals surface area contributed by atoms with E-state index in [2.05, 4.69) is 29.2 Å². The van der Waals surface area contributed by atoms with Gasteiger partial charge in [0.1, 0.15) is 17.6 Å². The summed E-state index contributed by atoms with van der Waals surface area (Å²) in [6.07, 6.45) is 4.25. The molecule has 1 aromatic carbocycles. The third-order valence-electron chi connectivity index (χ3n) is 7.06. The molecule has 3 aliphatic rings. The molecule has 0 unspecified atom stereocenters. The fourth-order valence-corrected chi connectivity index (χ4v) is 5.50. The summed E-state index contributed by atoms with van der Waals surface area (Å²) in [6.45, 7) is 10.1. The fraction of sp³-hybridized carbons (Fsp3) is 0.556. The van der Waals surface area contributed by atoms with Crippen molar-refractivity contribution in [2.24, 2.45) is 11.3 Å². The number of fused-ring (bicyclic) bond motifs is 1. The second-order valence-electron chi connectivity index (χ2n) is 11.2. The van der Waals surface area contributed by atoms with Crippen molar-refractivity contribution in [2.75, 3.05) is 26.2 Å². The molecule has 1 amide bonds. The smallest absolute Gasteiger partial charge is 0.410 e. The molecule has 2 fully saturated rings. The monoisotopic (exact) mass is 466 g/mol. The third-order valence-corrected chi connectivity index (χ3v) is 7.06. The van der Waals surface area contributed by atoms with Gasteiger partial charge in [-0.15, -0.1) is 0 Å². The van der Waals surface area contributed by atoms with E-state index in [0.717, 1.165) is 45.4 Å². The van der Waals surface area contributed by atoms with Gasteiger partial charge in [0.15, 0.2) is 0 Å². The van der Waals surface area contributed by atoms with Gasteiger partial charge in [-0.25, -0.2) is 4.79 Å². The maximum atomic E-state index is 12.6. The van der Waals surface area contributed by atoms with Crippen LogP contribution in [0.25, 0.3) is 0 Å². The number of rotatable bonds is 5. The van der Waals surface area contributed by atoms with Crippen molar-refractivity contribution in [1.82, 2.24) is 9.80 Å². The van der Waals surface area contributed by atoms with E-state index in [4.69, 9.17) is 13.9 Å². The van der Waals surface area contributed by atoms with Crippen molar-refractivity contribution in [1.29, 1.82) is 0 Å². The number of amides is 1.